The van der Waals surface area contributed by atoms with Crippen LogP contribution in [0.1, 0.15) is 6.92 Å². The summed E-state index contributed by atoms with van der Waals surface area (Å²) in [6, 6.07) is -1.22. The van der Waals surface area contributed by atoms with Crippen LogP contribution >= 0.6 is 0 Å². The molecule has 1 aliphatic rings. The molecule has 2 atom stereocenters. The summed E-state index contributed by atoms with van der Waals surface area (Å²) in [5, 5.41) is 23.8. The number of nitrogens with one attached hydrogen (secondary N) is 1. The highest BCUT2D eigenvalue weighted by Gasteiger charge is 2.67. The second kappa shape index (κ2) is 7.96. The van der Waals surface area contributed by atoms with Crippen LogP contribution in [0, 0.1) is 20.2 Å². The maximum absolute atomic E-state index is 12.0. The standard InChI is InChI=1S/C11H16N4O9S/c1-7(16)12-8(10(18)24-2)3-25(23)4-9(17)13-5-11(6-13,14(19)20)15(21)22/h8H,3-6H2,1-2H3,(H,12,16)/t8-,25?/m0/s1. The number of esters is 1. The normalized spacial score (nSPS) is 17.6. The number of rotatable bonds is 8. The van der Waals surface area contributed by atoms with Gasteiger partial charge in [-0.3, -0.25) is 34.0 Å². The first-order valence-electron chi connectivity index (χ1n) is 6.80. The van der Waals surface area contributed by atoms with E-state index < -0.39 is 74.7 Å². The first kappa shape index (κ1) is 20.4. The molecule has 13 nitrogen and oxygen atoms in total. The second-order valence-electron chi connectivity index (χ2n) is 5.27. The Labute approximate surface area is 143 Å². The van der Waals surface area contributed by atoms with Crippen LogP contribution in [0.25, 0.3) is 0 Å². The molecule has 1 aliphatic heterocycles. The van der Waals surface area contributed by atoms with Crippen molar-refractivity contribution < 1.29 is 33.2 Å². The zero-order valence-corrected chi connectivity index (χ0v) is 14.1. The molecule has 25 heavy (non-hydrogen) atoms. The van der Waals surface area contributed by atoms with Crippen molar-refractivity contribution >= 4 is 28.6 Å². The Morgan fingerprint density at radius 3 is 2.20 bits per heavy atom. The fourth-order valence-corrected chi connectivity index (χ4v) is 3.24. The number of nitrogens with zero attached hydrogens (tertiary/aromatic N) is 3. The highest BCUT2D eigenvalue weighted by Crippen LogP contribution is 2.25. The first-order chi connectivity index (χ1) is 11.5. The molecule has 0 aromatic rings. The molecule has 0 aromatic carbocycles. The van der Waals surface area contributed by atoms with Gasteiger partial charge in [0.25, 0.3) is 0 Å². The molecule has 14 heteroatoms. The van der Waals surface area contributed by atoms with Crippen molar-refractivity contribution in [1.29, 1.82) is 0 Å². The van der Waals surface area contributed by atoms with Crippen molar-refractivity contribution in [3.05, 3.63) is 20.2 Å². The minimum Gasteiger partial charge on any atom is -0.467 e. The van der Waals surface area contributed by atoms with E-state index in [0.29, 0.717) is 0 Å². The van der Waals surface area contributed by atoms with Gasteiger partial charge in [-0.1, -0.05) is 0 Å². The number of likely N-dealkylation sites (tertiary alicyclic amines) is 1. The molecule has 140 valence electrons. The van der Waals surface area contributed by atoms with E-state index in [0.717, 1.165) is 18.9 Å². The van der Waals surface area contributed by atoms with E-state index in [2.05, 4.69) is 10.1 Å². The van der Waals surface area contributed by atoms with E-state index >= 15 is 0 Å². The van der Waals surface area contributed by atoms with Gasteiger partial charge in [0.2, 0.25) is 11.8 Å². The van der Waals surface area contributed by atoms with Crippen molar-refractivity contribution in [1.82, 2.24) is 10.2 Å². The molecule has 1 N–H and O–H groups in total. The molecular formula is C11H16N4O9S. The van der Waals surface area contributed by atoms with Gasteiger partial charge in [0.1, 0.15) is 21.6 Å². The lowest BCUT2D eigenvalue weighted by Gasteiger charge is -2.35. The molecule has 2 amide bonds. The number of amides is 2. The lowest BCUT2D eigenvalue weighted by atomic mass is 10.0. The van der Waals surface area contributed by atoms with Crippen LogP contribution < -0.4 is 5.32 Å². The van der Waals surface area contributed by atoms with Crippen molar-refractivity contribution in [3.63, 3.8) is 0 Å². The summed E-state index contributed by atoms with van der Waals surface area (Å²) in [6.45, 7) is -0.316. The molecule has 0 saturated carbocycles. The molecule has 1 saturated heterocycles. The molecule has 0 aromatic heterocycles. The molecular weight excluding hydrogens is 364 g/mol. The van der Waals surface area contributed by atoms with Crippen LogP contribution in [-0.2, 0) is 29.9 Å². The Hall–Kier alpha value is -2.64. The fraction of sp³-hybridized carbons (Fsp3) is 0.727. The molecule has 1 unspecified atom stereocenters. The Kier molecular flexibility index (Phi) is 6.49. The molecule has 0 spiro atoms. The quantitative estimate of drug-likeness (QED) is 0.206. The SMILES string of the molecule is COC(=O)[C@H](CS(=O)CC(=O)N1CC([N+](=O)[O-])([N+](=O)[O-])C1)NC(C)=O. The average molecular weight is 380 g/mol. The Morgan fingerprint density at radius 1 is 1.28 bits per heavy atom. The summed E-state index contributed by atoms with van der Waals surface area (Å²) in [6.07, 6.45) is 0. The van der Waals surface area contributed by atoms with Crippen LogP contribution in [-0.4, -0.2) is 80.1 Å². The van der Waals surface area contributed by atoms with E-state index in [-0.39, 0.29) is 0 Å². The maximum atomic E-state index is 12.0. The van der Waals surface area contributed by atoms with Crippen LogP contribution in [0.5, 0.6) is 0 Å². The van der Waals surface area contributed by atoms with Gasteiger partial charge in [-0.15, -0.1) is 0 Å². The van der Waals surface area contributed by atoms with Crippen molar-refractivity contribution in [2.45, 2.75) is 18.6 Å². The van der Waals surface area contributed by atoms with Gasteiger partial charge in [0, 0.05) is 17.7 Å². The minimum atomic E-state index is -2.44. The fourth-order valence-electron chi connectivity index (χ4n) is 2.07. The lowest BCUT2D eigenvalue weighted by molar-refractivity contribution is -0.809. The van der Waals surface area contributed by atoms with Crippen LogP contribution in [0.15, 0.2) is 0 Å². The van der Waals surface area contributed by atoms with E-state index in [1.165, 1.54) is 0 Å². The summed E-state index contributed by atoms with van der Waals surface area (Å²) >= 11 is 0. The topological polar surface area (TPSA) is 179 Å². The van der Waals surface area contributed by atoms with Gasteiger partial charge >= 0.3 is 11.6 Å². The number of hydrogen-bond acceptors (Lipinski definition) is 9. The molecule has 1 heterocycles. The molecule has 0 bridgehead atoms. The van der Waals surface area contributed by atoms with Gasteiger partial charge in [0.15, 0.2) is 13.1 Å². The number of carbonyl (C=O) groups is 3. The van der Waals surface area contributed by atoms with Gasteiger partial charge in [-0.2, -0.15) is 0 Å². The Bertz CT molecular complexity index is 615. The Balaban J connectivity index is 2.61. The zero-order chi connectivity index (χ0) is 19.4. The van der Waals surface area contributed by atoms with Crippen LogP contribution in [0.2, 0.25) is 0 Å². The third-order valence-corrected chi connectivity index (χ3v) is 4.69. The molecule has 0 aliphatic carbocycles. The highest BCUT2D eigenvalue weighted by molar-refractivity contribution is 7.85. The van der Waals surface area contributed by atoms with E-state index in [9.17, 15) is 38.8 Å². The summed E-state index contributed by atoms with van der Waals surface area (Å²) in [7, 11) is -0.830. The van der Waals surface area contributed by atoms with Crippen molar-refractivity contribution in [2.24, 2.45) is 0 Å². The number of methoxy groups -OCH3 is 1. The predicted octanol–water partition coefficient (Wildman–Crippen LogP) is -2.50. The summed E-state index contributed by atoms with van der Waals surface area (Å²) in [5.74, 6) is -3.20. The van der Waals surface area contributed by atoms with Gasteiger partial charge < -0.3 is 15.0 Å². The molecule has 1 rings (SSSR count). The summed E-state index contributed by atoms with van der Waals surface area (Å²) < 4.78 is 16.4. The average Bonchev–Trinajstić information content (AvgIpc) is 2.42. The third kappa shape index (κ3) is 4.68. The lowest BCUT2D eigenvalue weighted by Crippen LogP contribution is -2.71. The minimum absolute atomic E-state index is 0.401. The number of ether oxygens (including phenoxy) is 1. The number of carbonyl (C=O) groups excluding carboxylic acids is 3. The third-order valence-electron chi connectivity index (χ3n) is 3.42. The van der Waals surface area contributed by atoms with Crippen LogP contribution in [0.4, 0.5) is 0 Å². The predicted molar refractivity (Wildman–Crippen MR) is 80.8 cm³/mol. The molecule has 0 radical (unpaired) electrons. The largest absolute Gasteiger partial charge is 0.492 e. The Morgan fingerprint density at radius 2 is 1.80 bits per heavy atom. The van der Waals surface area contributed by atoms with Gasteiger partial charge in [-0.25, -0.2) is 4.79 Å². The second-order valence-corrected chi connectivity index (χ2v) is 6.78. The number of nitro groups is 2. The van der Waals surface area contributed by atoms with Crippen molar-refractivity contribution in [2.75, 3.05) is 31.7 Å². The van der Waals surface area contributed by atoms with E-state index in [4.69, 9.17) is 0 Å². The summed E-state index contributed by atoms with van der Waals surface area (Å²) in [4.78, 5) is 54.6. The monoisotopic (exact) mass is 380 g/mol. The van der Waals surface area contributed by atoms with E-state index in [1.807, 2.05) is 0 Å². The highest BCUT2D eigenvalue weighted by atomic mass is 32.2. The van der Waals surface area contributed by atoms with Gasteiger partial charge in [0.05, 0.1) is 12.9 Å². The van der Waals surface area contributed by atoms with Gasteiger partial charge in [-0.05, 0) is 0 Å². The number of hydrogen-bond donors (Lipinski definition) is 1. The maximum Gasteiger partial charge on any atom is 0.492 e. The van der Waals surface area contributed by atoms with Crippen LogP contribution in [0.3, 0.4) is 0 Å². The van der Waals surface area contributed by atoms with E-state index in [1.54, 1.807) is 0 Å². The van der Waals surface area contributed by atoms with Crippen molar-refractivity contribution in [3.8, 4) is 0 Å². The first-order valence-corrected chi connectivity index (χ1v) is 8.29. The summed E-state index contributed by atoms with van der Waals surface area (Å²) in [5.41, 5.74) is -2.44. The zero-order valence-electron chi connectivity index (χ0n) is 13.3. The smallest absolute Gasteiger partial charge is 0.467 e. The molecule has 1 fully saturated rings.